The molecule has 3 aromatic rings. The highest BCUT2D eigenvalue weighted by atomic mass is 35.5. The molecule has 2 heterocycles. The van der Waals surface area contributed by atoms with Crippen LogP contribution in [0.3, 0.4) is 0 Å². The Morgan fingerprint density at radius 3 is 2.66 bits per heavy atom. The number of aromatic nitrogens is 1. The average molecular weight is 456 g/mol. The smallest absolute Gasteiger partial charge is 0.252 e. The van der Waals surface area contributed by atoms with Crippen LogP contribution >= 0.6 is 36.4 Å². The third-order valence-corrected chi connectivity index (χ3v) is 5.15. The standard InChI is InChI=1S/C21H23ClN4O.2ClH/c1-21(2,23)11-24-9-12-3-6-17-13(7-12)8-18(26-17)14-4-5-16(22)15-10-25-20(27)19(14)15;;/h3-8,24,26H,9-11,23H2,1-2H3,(H,25,27);2*1H. The summed E-state index contributed by atoms with van der Waals surface area (Å²) in [4.78, 5) is 15.7. The summed E-state index contributed by atoms with van der Waals surface area (Å²) in [6.07, 6.45) is 0. The third kappa shape index (κ3) is 4.87. The van der Waals surface area contributed by atoms with E-state index < -0.39 is 0 Å². The Kier molecular flexibility index (Phi) is 7.25. The highest BCUT2D eigenvalue weighted by Crippen LogP contribution is 2.34. The first-order chi connectivity index (χ1) is 12.8. The number of halogens is 3. The molecule has 0 aliphatic carbocycles. The van der Waals surface area contributed by atoms with Crippen molar-refractivity contribution in [3.8, 4) is 11.3 Å². The van der Waals surface area contributed by atoms with Crippen LogP contribution in [-0.2, 0) is 13.1 Å². The molecule has 4 rings (SSSR count). The third-order valence-electron chi connectivity index (χ3n) is 4.79. The van der Waals surface area contributed by atoms with Crippen LogP contribution in [0.15, 0.2) is 36.4 Å². The lowest BCUT2D eigenvalue weighted by atomic mass is 10.0. The van der Waals surface area contributed by atoms with E-state index in [4.69, 9.17) is 17.3 Å². The van der Waals surface area contributed by atoms with Gasteiger partial charge in [0.05, 0.1) is 5.56 Å². The van der Waals surface area contributed by atoms with Gasteiger partial charge in [-0.1, -0.05) is 23.7 Å². The van der Waals surface area contributed by atoms with Crippen molar-refractivity contribution in [3.05, 3.63) is 58.1 Å². The lowest BCUT2D eigenvalue weighted by molar-refractivity contribution is 0.0966. The fourth-order valence-electron chi connectivity index (χ4n) is 3.50. The van der Waals surface area contributed by atoms with Crippen molar-refractivity contribution in [2.75, 3.05) is 6.54 Å². The zero-order chi connectivity index (χ0) is 19.2. The van der Waals surface area contributed by atoms with Crippen molar-refractivity contribution in [2.45, 2.75) is 32.5 Å². The van der Waals surface area contributed by atoms with Gasteiger partial charge in [0.1, 0.15) is 0 Å². The summed E-state index contributed by atoms with van der Waals surface area (Å²) < 4.78 is 0. The lowest BCUT2D eigenvalue weighted by Crippen LogP contribution is -2.42. The number of hydrogen-bond acceptors (Lipinski definition) is 3. The molecule has 1 aliphatic rings. The number of hydrogen-bond donors (Lipinski definition) is 4. The second kappa shape index (κ2) is 8.94. The van der Waals surface area contributed by atoms with E-state index in [-0.39, 0.29) is 36.3 Å². The molecule has 5 N–H and O–H groups in total. The molecule has 0 radical (unpaired) electrons. The minimum atomic E-state index is -0.235. The molecular formula is C21H25Cl3N4O. The molecule has 156 valence electrons. The number of benzene rings is 2. The topological polar surface area (TPSA) is 82.9 Å². The van der Waals surface area contributed by atoms with Crippen molar-refractivity contribution in [2.24, 2.45) is 5.73 Å². The molecule has 5 nitrogen and oxygen atoms in total. The Morgan fingerprint density at radius 1 is 1.17 bits per heavy atom. The van der Waals surface area contributed by atoms with Gasteiger partial charge < -0.3 is 21.4 Å². The van der Waals surface area contributed by atoms with Crippen LogP contribution in [0.4, 0.5) is 0 Å². The normalized spacial score (nSPS) is 12.9. The molecule has 0 unspecified atom stereocenters. The van der Waals surface area contributed by atoms with Crippen molar-refractivity contribution in [3.63, 3.8) is 0 Å². The second-order valence-corrected chi connectivity index (χ2v) is 8.24. The zero-order valence-electron chi connectivity index (χ0n) is 16.3. The first-order valence-corrected chi connectivity index (χ1v) is 9.41. The summed E-state index contributed by atoms with van der Waals surface area (Å²) in [5.41, 5.74) is 11.3. The van der Waals surface area contributed by atoms with Crippen LogP contribution < -0.4 is 16.4 Å². The Hall–Kier alpha value is -1.76. The molecule has 1 aliphatic heterocycles. The van der Waals surface area contributed by atoms with Gasteiger partial charge in [0.2, 0.25) is 0 Å². The van der Waals surface area contributed by atoms with E-state index in [0.717, 1.165) is 40.8 Å². The first-order valence-electron chi connectivity index (χ1n) is 9.03. The summed E-state index contributed by atoms with van der Waals surface area (Å²) in [6.45, 7) is 5.99. The Balaban J connectivity index is 0.00000150. The predicted molar refractivity (Wildman–Crippen MR) is 124 cm³/mol. The number of nitrogens with one attached hydrogen (secondary N) is 3. The molecule has 0 spiro atoms. The van der Waals surface area contributed by atoms with E-state index >= 15 is 0 Å². The number of nitrogens with two attached hydrogens (primary N) is 1. The maximum absolute atomic E-state index is 12.3. The first kappa shape index (κ1) is 23.5. The fraction of sp³-hybridized carbons (Fsp3) is 0.286. The van der Waals surface area contributed by atoms with Crippen molar-refractivity contribution >= 4 is 53.2 Å². The molecule has 29 heavy (non-hydrogen) atoms. The number of fused-ring (bicyclic) bond motifs is 2. The van der Waals surface area contributed by atoms with Crippen molar-refractivity contribution in [1.29, 1.82) is 0 Å². The van der Waals surface area contributed by atoms with Crippen LogP contribution in [0.25, 0.3) is 22.2 Å². The number of carbonyl (C=O) groups excluding carboxylic acids is 1. The minimum Gasteiger partial charge on any atom is -0.355 e. The predicted octanol–water partition coefficient (Wildman–Crippen LogP) is 4.40. The van der Waals surface area contributed by atoms with E-state index in [9.17, 15) is 4.79 Å². The van der Waals surface area contributed by atoms with E-state index in [1.54, 1.807) is 0 Å². The maximum Gasteiger partial charge on any atom is 0.252 e. The molecule has 0 atom stereocenters. The van der Waals surface area contributed by atoms with Gasteiger partial charge in [0, 0.05) is 57.9 Å². The van der Waals surface area contributed by atoms with Crippen LogP contribution in [0.5, 0.6) is 0 Å². The van der Waals surface area contributed by atoms with Gasteiger partial charge in [0.15, 0.2) is 0 Å². The molecular weight excluding hydrogens is 431 g/mol. The molecule has 0 saturated heterocycles. The molecule has 2 aromatic carbocycles. The van der Waals surface area contributed by atoms with Crippen LogP contribution in [0.2, 0.25) is 5.02 Å². The molecule has 1 aromatic heterocycles. The second-order valence-electron chi connectivity index (χ2n) is 7.83. The number of carbonyl (C=O) groups is 1. The van der Waals surface area contributed by atoms with Gasteiger partial charge >= 0.3 is 0 Å². The van der Waals surface area contributed by atoms with Gasteiger partial charge in [0.25, 0.3) is 5.91 Å². The average Bonchev–Trinajstić information content (AvgIpc) is 3.18. The number of rotatable bonds is 5. The largest absolute Gasteiger partial charge is 0.355 e. The van der Waals surface area contributed by atoms with Gasteiger partial charge in [-0.25, -0.2) is 0 Å². The number of aromatic amines is 1. The van der Waals surface area contributed by atoms with Crippen LogP contribution in [0.1, 0.15) is 35.3 Å². The van der Waals surface area contributed by atoms with Crippen molar-refractivity contribution in [1.82, 2.24) is 15.6 Å². The maximum atomic E-state index is 12.3. The van der Waals surface area contributed by atoms with E-state index in [1.165, 1.54) is 5.56 Å². The highest BCUT2D eigenvalue weighted by molar-refractivity contribution is 6.32. The summed E-state index contributed by atoms with van der Waals surface area (Å²) in [5, 5.41) is 7.98. The van der Waals surface area contributed by atoms with Gasteiger partial charge in [-0.3, -0.25) is 4.79 Å². The highest BCUT2D eigenvalue weighted by Gasteiger charge is 2.26. The molecule has 0 fully saturated rings. The molecule has 8 heteroatoms. The molecule has 1 amide bonds. The fourth-order valence-corrected chi connectivity index (χ4v) is 3.73. The summed E-state index contributed by atoms with van der Waals surface area (Å²) in [7, 11) is 0. The SMILES string of the molecule is CC(C)(N)CNCc1ccc2[nH]c(-c3ccc(Cl)c4c3C(=O)NC4)cc2c1.Cl.Cl. The Bertz CT molecular complexity index is 1040. The van der Waals surface area contributed by atoms with Gasteiger partial charge in [-0.15, -0.1) is 24.8 Å². The lowest BCUT2D eigenvalue weighted by Gasteiger charge is -2.18. The minimum absolute atomic E-state index is 0. The van der Waals surface area contributed by atoms with E-state index in [1.807, 2.05) is 26.0 Å². The van der Waals surface area contributed by atoms with E-state index in [0.29, 0.717) is 17.1 Å². The monoisotopic (exact) mass is 454 g/mol. The number of H-pyrrole nitrogens is 1. The zero-order valence-corrected chi connectivity index (χ0v) is 18.7. The van der Waals surface area contributed by atoms with Crippen molar-refractivity contribution < 1.29 is 4.79 Å². The Morgan fingerprint density at radius 2 is 1.93 bits per heavy atom. The van der Waals surface area contributed by atoms with Gasteiger partial charge in [-0.05, 0) is 43.7 Å². The summed E-state index contributed by atoms with van der Waals surface area (Å²) in [6, 6.07) is 12.2. The van der Waals surface area contributed by atoms with E-state index in [2.05, 4.69) is 39.9 Å². The van der Waals surface area contributed by atoms with Gasteiger partial charge in [-0.2, -0.15) is 0 Å². The Labute approximate surface area is 187 Å². The summed E-state index contributed by atoms with van der Waals surface area (Å²) >= 11 is 6.26. The number of amides is 1. The quantitative estimate of drug-likeness (QED) is 0.460. The van der Waals surface area contributed by atoms with Crippen LogP contribution in [0, 0.1) is 0 Å². The van der Waals surface area contributed by atoms with Crippen LogP contribution in [-0.4, -0.2) is 23.0 Å². The molecule has 0 saturated carbocycles. The molecule has 0 bridgehead atoms. The summed E-state index contributed by atoms with van der Waals surface area (Å²) in [5.74, 6) is -0.0737.